The molecule has 3 rings (SSSR count). The summed E-state index contributed by atoms with van der Waals surface area (Å²) >= 11 is 6.70. The number of aryl methyl sites for hydroxylation is 1. The first-order valence-corrected chi connectivity index (χ1v) is 9.94. The number of carbonyl (C=O) groups excluding carboxylic acids is 2. The second-order valence-electron chi connectivity index (χ2n) is 5.97. The molecule has 0 saturated carbocycles. The Morgan fingerprint density at radius 3 is 2.57 bits per heavy atom. The van der Waals surface area contributed by atoms with Gasteiger partial charge in [0, 0.05) is 0 Å². The van der Waals surface area contributed by atoms with Gasteiger partial charge in [-0.3, -0.25) is 9.69 Å². The second kappa shape index (κ2) is 9.03. The lowest BCUT2D eigenvalue weighted by molar-refractivity contribution is -0.145. The Morgan fingerprint density at radius 2 is 1.89 bits per heavy atom. The van der Waals surface area contributed by atoms with Gasteiger partial charge < -0.3 is 9.47 Å². The summed E-state index contributed by atoms with van der Waals surface area (Å²) in [5.74, 6) is 0.0102. The molecule has 0 bridgehead atoms. The molecule has 0 aliphatic carbocycles. The molecule has 0 atom stereocenters. The lowest BCUT2D eigenvalue weighted by atomic mass is 10.1. The van der Waals surface area contributed by atoms with Gasteiger partial charge in [-0.2, -0.15) is 0 Å². The standard InChI is InChI=1S/C21H19NO4S2/c1-3-25-19(23)13-26-16-10-8-15(9-11-16)12-18-20(24)22(21(27)28-18)17-7-5-4-6-14(17)2/h4-12H,3,13H2,1-2H3/b18-12-. The van der Waals surface area contributed by atoms with Crippen LogP contribution in [0.3, 0.4) is 0 Å². The number of carbonyl (C=O) groups is 2. The molecule has 28 heavy (non-hydrogen) atoms. The minimum Gasteiger partial charge on any atom is -0.482 e. The molecule has 0 radical (unpaired) electrons. The summed E-state index contributed by atoms with van der Waals surface area (Å²) in [6, 6.07) is 14.8. The first-order chi connectivity index (χ1) is 13.5. The van der Waals surface area contributed by atoms with Crippen molar-refractivity contribution in [1.82, 2.24) is 0 Å². The van der Waals surface area contributed by atoms with Gasteiger partial charge in [-0.1, -0.05) is 54.3 Å². The Hall–Kier alpha value is -2.64. The second-order valence-corrected chi connectivity index (χ2v) is 7.64. The zero-order chi connectivity index (χ0) is 20.1. The third-order valence-corrected chi connectivity index (χ3v) is 5.29. The molecule has 1 heterocycles. The van der Waals surface area contributed by atoms with Crippen molar-refractivity contribution in [3.8, 4) is 5.75 Å². The van der Waals surface area contributed by atoms with Crippen molar-refractivity contribution in [2.24, 2.45) is 0 Å². The Bertz CT molecular complexity index is 938. The highest BCUT2D eigenvalue weighted by molar-refractivity contribution is 8.27. The van der Waals surface area contributed by atoms with Crippen LogP contribution in [0.1, 0.15) is 18.1 Å². The van der Waals surface area contributed by atoms with E-state index in [0.29, 0.717) is 21.6 Å². The molecule has 7 heteroatoms. The van der Waals surface area contributed by atoms with Crippen molar-refractivity contribution >= 4 is 51.9 Å². The molecule has 1 saturated heterocycles. The summed E-state index contributed by atoms with van der Waals surface area (Å²) in [4.78, 5) is 26.3. The van der Waals surface area contributed by atoms with E-state index in [0.717, 1.165) is 16.8 Å². The minimum absolute atomic E-state index is 0.132. The van der Waals surface area contributed by atoms with Crippen molar-refractivity contribution in [3.63, 3.8) is 0 Å². The zero-order valence-corrected chi connectivity index (χ0v) is 17.1. The maximum atomic E-state index is 12.9. The van der Waals surface area contributed by atoms with Gasteiger partial charge in [0.2, 0.25) is 0 Å². The van der Waals surface area contributed by atoms with Crippen LogP contribution in [0, 0.1) is 6.92 Å². The lowest BCUT2D eigenvalue weighted by Gasteiger charge is -2.16. The molecule has 1 fully saturated rings. The van der Waals surface area contributed by atoms with E-state index < -0.39 is 5.97 Å². The van der Waals surface area contributed by atoms with Crippen LogP contribution in [0.25, 0.3) is 6.08 Å². The molecule has 2 aromatic carbocycles. The number of benzene rings is 2. The summed E-state index contributed by atoms with van der Waals surface area (Å²) in [6.45, 7) is 3.88. The van der Waals surface area contributed by atoms with Crippen molar-refractivity contribution < 1.29 is 19.1 Å². The maximum absolute atomic E-state index is 12.9. The molecule has 1 amide bonds. The number of para-hydroxylation sites is 1. The Morgan fingerprint density at radius 1 is 1.18 bits per heavy atom. The topological polar surface area (TPSA) is 55.8 Å². The number of ether oxygens (including phenoxy) is 2. The fourth-order valence-corrected chi connectivity index (χ4v) is 3.93. The Balaban J connectivity index is 1.72. The highest BCUT2D eigenvalue weighted by Crippen LogP contribution is 2.37. The predicted molar refractivity (Wildman–Crippen MR) is 115 cm³/mol. The number of thioether (sulfide) groups is 1. The number of nitrogens with zero attached hydrogens (tertiary/aromatic N) is 1. The molecular weight excluding hydrogens is 394 g/mol. The largest absolute Gasteiger partial charge is 0.482 e. The van der Waals surface area contributed by atoms with Crippen molar-refractivity contribution in [2.75, 3.05) is 18.1 Å². The number of anilines is 1. The summed E-state index contributed by atoms with van der Waals surface area (Å²) in [6.07, 6.45) is 1.80. The third-order valence-electron chi connectivity index (χ3n) is 3.99. The molecular formula is C21H19NO4S2. The van der Waals surface area contributed by atoms with Crippen LogP contribution in [-0.4, -0.2) is 29.4 Å². The SMILES string of the molecule is CCOC(=O)COc1ccc(/C=C2\SC(=S)N(c3ccccc3C)C2=O)cc1. The summed E-state index contributed by atoms with van der Waals surface area (Å²) in [5, 5.41) is 0. The van der Waals surface area contributed by atoms with Gasteiger partial charge in [-0.05, 0) is 49.2 Å². The Labute approximate surface area is 173 Å². The average molecular weight is 414 g/mol. The predicted octanol–water partition coefficient (Wildman–Crippen LogP) is 4.34. The van der Waals surface area contributed by atoms with E-state index in [2.05, 4.69) is 0 Å². The van der Waals surface area contributed by atoms with Gasteiger partial charge in [-0.25, -0.2) is 4.79 Å². The van der Waals surface area contributed by atoms with Crippen LogP contribution in [0.5, 0.6) is 5.75 Å². The minimum atomic E-state index is -0.411. The lowest BCUT2D eigenvalue weighted by Crippen LogP contribution is -2.28. The summed E-state index contributed by atoms with van der Waals surface area (Å²) in [7, 11) is 0. The summed E-state index contributed by atoms with van der Waals surface area (Å²) in [5.41, 5.74) is 2.63. The molecule has 2 aromatic rings. The highest BCUT2D eigenvalue weighted by atomic mass is 32.2. The van der Waals surface area contributed by atoms with Crippen LogP contribution in [0.15, 0.2) is 53.4 Å². The van der Waals surface area contributed by atoms with Crippen molar-refractivity contribution in [3.05, 3.63) is 64.6 Å². The maximum Gasteiger partial charge on any atom is 0.344 e. The number of hydrogen-bond donors (Lipinski definition) is 0. The van der Waals surface area contributed by atoms with Crippen LogP contribution in [-0.2, 0) is 14.3 Å². The van der Waals surface area contributed by atoms with E-state index in [1.54, 1.807) is 30.0 Å². The smallest absolute Gasteiger partial charge is 0.344 e. The summed E-state index contributed by atoms with van der Waals surface area (Å²) < 4.78 is 10.7. The van der Waals surface area contributed by atoms with Crippen LogP contribution in [0.2, 0.25) is 0 Å². The molecule has 144 valence electrons. The molecule has 0 N–H and O–H groups in total. The van der Waals surface area contributed by atoms with E-state index >= 15 is 0 Å². The van der Waals surface area contributed by atoms with E-state index in [1.165, 1.54) is 11.8 Å². The molecule has 5 nitrogen and oxygen atoms in total. The van der Waals surface area contributed by atoms with E-state index in [-0.39, 0.29) is 12.5 Å². The first-order valence-electron chi connectivity index (χ1n) is 8.71. The van der Waals surface area contributed by atoms with Crippen molar-refractivity contribution in [2.45, 2.75) is 13.8 Å². The zero-order valence-electron chi connectivity index (χ0n) is 15.5. The highest BCUT2D eigenvalue weighted by Gasteiger charge is 2.33. The Kier molecular flexibility index (Phi) is 6.49. The normalized spacial score (nSPS) is 15.2. The van der Waals surface area contributed by atoms with Gasteiger partial charge in [0.15, 0.2) is 10.9 Å². The molecule has 0 unspecified atom stereocenters. The van der Waals surface area contributed by atoms with Gasteiger partial charge in [0.25, 0.3) is 5.91 Å². The third kappa shape index (κ3) is 4.61. The van der Waals surface area contributed by atoms with Gasteiger partial charge in [0.05, 0.1) is 17.2 Å². The first kappa shape index (κ1) is 20.1. The fourth-order valence-electron chi connectivity index (χ4n) is 2.65. The molecule has 0 spiro atoms. The van der Waals surface area contributed by atoms with Crippen LogP contribution >= 0.6 is 24.0 Å². The van der Waals surface area contributed by atoms with Crippen LogP contribution < -0.4 is 9.64 Å². The monoisotopic (exact) mass is 413 g/mol. The number of esters is 1. The number of thiocarbonyl (C=S) groups is 1. The average Bonchev–Trinajstić information content (AvgIpc) is 2.95. The van der Waals surface area contributed by atoms with E-state index in [4.69, 9.17) is 21.7 Å². The van der Waals surface area contributed by atoms with Gasteiger partial charge in [-0.15, -0.1) is 0 Å². The molecule has 1 aliphatic rings. The van der Waals surface area contributed by atoms with Gasteiger partial charge >= 0.3 is 5.97 Å². The van der Waals surface area contributed by atoms with Gasteiger partial charge in [0.1, 0.15) is 5.75 Å². The van der Waals surface area contributed by atoms with E-state index in [1.807, 2.05) is 43.3 Å². The number of rotatable bonds is 6. The molecule has 1 aliphatic heterocycles. The molecule has 0 aromatic heterocycles. The number of amides is 1. The number of hydrogen-bond acceptors (Lipinski definition) is 6. The van der Waals surface area contributed by atoms with Crippen LogP contribution in [0.4, 0.5) is 5.69 Å². The fraction of sp³-hybridized carbons (Fsp3) is 0.190. The van der Waals surface area contributed by atoms with E-state index in [9.17, 15) is 9.59 Å². The van der Waals surface area contributed by atoms with Crippen molar-refractivity contribution in [1.29, 1.82) is 0 Å². The quantitative estimate of drug-likeness (QED) is 0.399.